The number of halogens is 2. The van der Waals surface area contributed by atoms with Crippen LogP contribution in [0.15, 0.2) is 36.4 Å². The number of carbonyl (C=O) groups excluding carboxylic acids is 2. The number of anilines is 2. The lowest BCUT2D eigenvalue weighted by Gasteiger charge is -2.26. The van der Waals surface area contributed by atoms with Crippen LogP contribution in [0, 0.1) is 5.41 Å². The Morgan fingerprint density at radius 1 is 1.22 bits per heavy atom. The van der Waals surface area contributed by atoms with Gasteiger partial charge in [0.05, 0.1) is 21.7 Å². The second-order valence-electron chi connectivity index (χ2n) is 6.98. The Labute approximate surface area is 168 Å². The summed E-state index contributed by atoms with van der Waals surface area (Å²) in [5, 5.41) is 3.53. The van der Waals surface area contributed by atoms with Crippen molar-refractivity contribution in [3.05, 3.63) is 52.0 Å². The lowest BCUT2D eigenvalue weighted by molar-refractivity contribution is -0.127. The highest BCUT2D eigenvalue weighted by atomic mass is 35.5. The van der Waals surface area contributed by atoms with E-state index in [0.29, 0.717) is 33.7 Å². The van der Waals surface area contributed by atoms with Crippen LogP contribution in [-0.2, 0) is 4.79 Å². The van der Waals surface area contributed by atoms with Gasteiger partial charge < -0.3 is 15.0 Å². The molecule has 1 N–H and O–H groups in total. The maximum atomic E-state index is 12.7. The molecule has 0 fully saturated rings. The molecule has 0 aliphatic carbocycles. The van der Waals surface area contributed by atoms with E-state index in [4.69, 9.17) is 27.9 Å². The Balaban J connectivity index is 1.90. The molecule has 142 valence electrons. The number of benzene rings is 2. The van der Waals surface area contributed by atoms with Gasteiger partial charge in [-0.1, -0.05) is 23.2 Å². The second-order valence-corrected chi connectivity index (χ2v) is 7.83. The topological polar surface area (TPSA) is 58.6 Å². The fourth-order valence-electron chi connectivity index (χ4n) is 2.91. The van der Waals surface area contributed by atoms with Crippen molar-refractivity contribution in [2.45, 2.75) is 20.8 Å². The fraction of sp³-hybridized carbons (Fsp3) is 0.300. The summed E-state index contributed by atoms with van der Waals surface area (Å²) >= 11 is 12.0. The monoisotopic (exact) mass is 406 g/mol. The van der Waals surface area contributed by atoms with Crippen molar-refractivity contribution < 1.29 is 14.3 Å². The molecule has 0 saturated heterocycles. The fourth-order valence-corrected chi connectivity index (χ4v) is 3.28. The largest absolute Gasteiger partial charge is 0.490 e. The van der Waals surface area contributed by atoms with Crippen LogP contribution in [0.1, 0.15) is 31.1 Å². The molecule has 5 nitrogen and oxygen atoms in total. The van der Waals surface area contributed by atoms with Crippen LogP contribution < -0.4 is 15.0 Å². The van der Waals surface area contributed by atoms with Gasteiger partial charge in [0.1, 0.15) is 12.4 Å². The first-order valence-electron chi connectivity index (χ1n) is 8.58. The predicted octanol–water partition coefficient (Wildman–Crippen LogP) is 5.02. The van der Waals surface area contributed by atoms with Gasteiger partial charge in [0, 0.05) is 23.3 Å². The summed E-state index contributed by atoms with van der Waals surface area (Å²) in [6.07, 6.45) is 0. The molecule has 1 aliphatic rings. The van der Waals surface area contributed by atoms with E-state index in [-0.39, 0.29) is 24.0 Å². The number of nitrogens with zero attached hydrogens (tertiary/aromatic N) is 1. The Bertz CT molecular complexity index is 912. The number of nitrogens with one attached hydrogen (secondary N) is 1. The molecule has 2 amide bonds. The number of amides is 2. The van der Waals surface area contributed by atoms with Gasteiger partial charge in [-0.05, 0) is 51.1 Å². The van der Waals surface area contributed by atoms with Crippen molar-refractivity contribution in [3.63, 3.8) is 0 Å². The van der Waals surface area contributed by atoms with Crippen molar-refractivity contribution >= 4 is 46.4 Å². The molecule has 0 unspecified atom stereocenters. The zero-order valence-electron chi connectivity index (χ0n) is 15.3. The van der Waals surface area contributed by atoms with Gasteiger partial charge in [-0.3, -0.25) is 9.59 Å². The van der Waals surface area contributed by atoms with Crippen LogP contribution in [0.5, 0.6) is 5.75 Å². The summed E-state index contributed by atoms with van der Waals surface area (Å²) in [5.74, 6) is 0.178. The number of rotatable bonds is 3. The molecule has 0 saturated carbocycles. The predicted molar refractivity (Wildman–Crippen MR) is 108 cm³/mol. The van der Waals surface area contributed by atoms with E-state index >= 15 is 0 Å². The van der Waals surface area contributed by atoms with Crippen molar-refractivity contribution in [2.75, 3.05) is 23.4 Å². The van der Waals surface area contributed by atoms with Gasteiger partial charge in [-0.2, -0.15) is 0 Å². The standard InChI is InChI=1S/C20H20Cl2N2O3/c1-4-24-16-8-6-13(10-17(16)27-11-20(2,3)19(24)26)23-18(25)14-9-12(21)5-7-15(14)22/h5-10H,4,11H2,1-3H3,(H,23,25). The Morgan fingerprint density at radius 3 is 2.67 bits per heavy atom. The third kappa shape index (κ3) is 3.89. The number of ether oxygens (including phenoxy) is 1. The van der Waals surface area contributed by atoms with E-state index in [2.05, 4.69) is 5.32 Å². The Hall–Kier alpha value is -2.24. The lowest BCUT2D eigenvalue weighted by Crippen LogP contribution is -2.42. The maximum absolute atomic E-state index is 12.7. The Kier molecular flexibility index (Phi) is 5.36. The van der Waals surface area contributed by atoms with E-state index in [0.717, 1.165) is 0 Å². The highest BCUT2D eigenvalue weighted by molar-refractivity contribution is 6.36. The van der Waals surface area contributed by atoms with Gasteiger partial charge >= 0.3 is 0 Å². The number of hydrogen-bond acceptors (Lipinski definition) is 3. The van der Waals surface area contributed by atoms with E-state index in [9.17, 15) is 9.59 Å². The average Bonchev–Trinajstić information content (AvgIpc) is 2.72. The molecule has 7 heteroatoms. The van der Waals surface area contributed by atoms with Crippen LogP contribution in [-0.4, -0.2) is 25.0 Å². The molecule has 2 aromatic rings. The minimum atomic E-state index is -0.632. The quantitative estimate of drug-likeness (QED) is 0.778. The molecule has 27 heavy (non-hydrogen) atoms. The van der Waals surface area contributed by atoms with Gasteiger partial charge in [0.25, 0.3) is 5.91 Å². The molecule has 3 rings (SSSR count). The first-order chi connectivity index (χ1) is 12.7. The minimum Gasteiger partial charge on any atom is -0.490 e. The van der Waals surface area contributed by atoms with Crippen LogP contribution >= 0.6 is 23.2 Å². The van der Waals surface area contributed by atoms with E-state index < -0.39 is 5.41 Å². The van der Waals surface area contributed by atoms with Crippen molar-refractivity contribution in [3.8, 4) is 5.75 Å². The minimum absolute atomic E-state index is 0.00578. The smallest absolute Gasteiger partial charge is 0.257 e. The Morgan fingerprint density at radius 2 is 1.96 bits per heavy atom. The molecule has 0 radical (unpaired) electrons. The van der Waals surface area contributed by atoms with Crippen molar-refractivity contribution in [1.82, 2.24) is 0 Å². The highest BCUT2D eigenvalue weighted by Gasteiger charge is 2.37. The lowest BCUT2D eigenvalue weighted by atomic mass is 9.93. The first-order valence-corrected chi connectivity index (χ1v) is 9.34. The van der Waals surface area contributed by atoms with E-state index in [1.165, 1.54) is 6.07 Å². The molecule has 0 atom stereocenters. The molecule has 1 aliphatic heterocycles. The van der Waals surface area contributed by atoms with E-state index in [1.54, 1.807) is 35.2 Å². The van der Waals surface area contributed by atoms with Gasteiger partial charge in [-0.15, -0.1) is 0 Å². The first kappa shape index (κ1) is 19.5. The van der Waals surface area contributed by atoms with Crippen LogP contribution in [0.3, 0.4) is 0 Å². The average molecular weight is 407 g/mol. The van der Waals surface area contributed by atoms with E-state index in [1.807, 2.05) is 20.8 Å². The van der Waals surface area contributed by atoms with Crippen molar-refractivity contribution in [2.24, 2.45) is 5.41 Å². The van der Waals surface area contributed by atoms with Crippen molar-refractivity contribution in [1.29, 1.82) is 0 Å². The summed E-state index contributed by atoms with van der Waals surface area (Å²) < 4.78 is 5.88. The highest BCUT2D eigenvalue weighted by Crippen LogP contribution is 2.38. The number of fused-ring (bicyclic) bond motifs is 1. The molecule has 1 heterocycles. The number of carbonyl (C=O) groups is 2. The maximum Gasteiger partial charge on any atom is 0.257 e. The van der Waals surface area contributed by atoms with Crippen LogP contribution in [0.2, 0.25) is 10.0 Å². The summed E-state index contributed by atoms with van der Waals surface area (Å²) in [6, 6.07) is 9.92. The molecular formula is C20H20Cl2N2O3. The second kappa shape index (κ2) is 7.41. The summed E-state index contributed by atoms with van der Waals surface area (Å²) in [7, 11) is 0. The molecule has 0 aromatic heterocycles. The zero-order valence-corrected chi connectivity index (χ0v) is 16.8. The third-order valence-corrected chi connectivity index (χ3v) is 4.98. The molecule has 0 spiro atoms. The molecule has 0 bridgehead atoms. The summed E-state index contributed by atoms with van der Waals surface area (Å²) in [5.41, 5.74) is 0.878. The third-order valence-electron chi connectivity index (χ3n) is 4.41. The molecular weight excluding hydrogens is 387 g/mol. The molecule has 2 aromatic carbocycles. The number of hydrogen-bond donors (Lipinski definition) is 1. The van der Waals surface area contributed by atoms with Gasteiger partial charge in [-0.25, -0.2) is 0 Å². The zero-order chi connectivity index (χ0) is 19.8. The SMILES string of the molecule is CCN1C(=O)C(C)(C)COc2cc(NC(=O)c3cc(Cl)ccc3Cl)ccc21. The summed E-state index contributed by atoms with van der Waals surface area (Å²) in [6.45, 7) is 6.41. The normalized spacial score (nSPS) is 15.6. The summed E-state index contributed by atoms with van der Waals surface area (Å²) in [4.78, 5) is 27.0. The van der Waals surface area contributed by atoms with Gasteiger partial charge in [0.2, 0.25) is 5.91 Å². The van der Waals surface area contributed by atoms with Gasteiger partial charge in [0.15, 0.2) is 0 Å². The van der Waals surface area contributed by atoms with Crippen LogP contribution in [0.4, 0.5) is 11.4 Å². The van der Waals surface area contributed by atoms with Crippen LogP contribution in [0.25, 0.3) is 0 Å².